The number of hydrogen-bond acceptors (Lipinski definition) is 6. The predicted molar refractivity (Wildman–Crippen MR) is 144 cm³/mol. The molecule has 37 heavy (non-hydrogen) atoms. The molecule has 3 fully saturated rings. The minimum Gasteiger partial charge on any atom is -0.359 e. The van der Waals surface area contributed by atoms with Crippen molar-refractivity contribution in [1.29, 1.82) is 0 Å². The van der Waals surface area contributed by atoms with Crippen molar-refractivity contribution in [2.75, 3.05) is 11.6 Å². The third-order valence-electron chi connectivity index (χ3n) is 8.12. The standard InChI is InChI=1S/C28H31N3O4S2/c1-36-19-10-5-9-18(15-19)30-25(32)22-21-12-13-28(35-21)23(22)27(34)31(16-20-11-6-14-37-20)24(28)26(33)29-17-7-3-2-4-8-17/h5-6,9-15,17,21-24H,2-4,7-8,16H2,1H3,(H,29,33)(H,30,32)/t21-,22+,23-,24+,28-/m1/s1. The van der Waals surface area contributed by atoms with E-state index >= 15 is 0 Å². The molecule has 2 saturated heterocycles. The van der Waals surface area contributed by atoms with Crippen LogP contribution in [-0.4, -0.2) is 52.7 Å². The monoisotopic (exact) mass is 537 g/mol. The summed E-state index contributed by atoms with van der Waals surface area (Å²) in [4.78, 5) is 45.2. The van der Waals surface area contributed by atoms with Gasteiger partial charge in [0.1, 0.15) is 11.6 Å². The van der Waals surface area contributed by atoms with Crippen LogP contribution in [0.5, 0.6) is 0 Å². The molecule has 3 amide bonds. The Balaban J connectivity index is 1.31. The number of carbonyl (C=O) groups excluding carboxylic acids is 3. The second-order valence-corrected chi connectivity index (χ2v) is 12.2. The molecule has 2 bridgehead atoms. The van der Waals surface area contributed by atoms with Crippen LogP contribution < -0.4 is 10.6 Å². The number of nitrogens with zero attached hydrogens (tertiary/aromatic N) is 1. The minimum atomic E-state index is -1.14. The first-order valence-corrected chi connectivity index (χ1v) is 15.1. The van der Waals surface area contributed by atoms with Crippen LogP contribution in [0.15, 0.2) is 58.8 Å². The number of thioether (sulfide) groups is 1. The molecule has 1 saturated carbocycles. The van der Waals surface area contributed by atoms with Crippen molar-refractivity contribution in [3.8, 4) is 0 Å². The lowest BCUT2D eigenvalue weighted by molar-refractivity contribution is -0.142. The molecule has 194 valence electrons. The first kappa shape index (κ1) is 24.7. The highest BCUT2D eigenvalue weighted by Gasteiger charge is 2.72. The van der Waals surface area contributed by atoms with E-state index in [0.717, 1.165) is 35.5 Å². The average Bonchev–Trinajstić information content (AvgIpc) is 3.68. The Morgan fingerprint density at radius 1 is 1.16 bits per heavy atom. The van der Waals surface area contributed by atoms with Gasteiger partial charge in [0.2, 0.25) is 17.7 Å². The molecule has 5 atom stereocenters. The SMILES string of the molecule is CSc1cccc(NC(=O)[C@H]2[C@H]3C=C[C@]4(O3)[C@H](C(=O)NC3CCCCC3)N(Cc3cccs3)C(=O)[C@@H]24)c1. The summed E-state index contributed by atoms with van der Waals surface area (Å²) in [6.45, 7) is 0.323. The second kappa shape index (κ2) is 9.93. The van der Waals surface area contributed by atoms with Gasteiger partial charge < -0.3 is 20.3 Å². The van der Waals surface area contributed by atoms with E-state index in [1.54, 1.807) is 28.0 Å². The van der Waals surface area contributed by atoms with Crippen LogP contribution >= 0.6 is 23.1 Å². The molecule has 1 aromatic heterocycles. The largest absolute Gasteiger partial charge is 0.359 e. The van der Waals surface area contributed by atoms with Crippen molar-refractivity contribution >= 4 is 46.5 Å². The maximum Gasteiger partial charge on any atom is 0.246 e. The highest BCUT2D eigenvalue weighted by molar-refractivity contribution is 7.98. The van der Waals surface area contributed by atoms with Gasteiger partial charge in [0.05, 0.1) is 24.5 Å². The van der Waals surface area contributed by atoms with E-state index in [1.807, 2.05) is 60.2 Å². The number of hydrogen-bond donors (Lipinski definition) is 2. The third kappa shape index (κ3) is 4.30. The summed E-state index contributed by atoms with van der Waals surface area (Å²) in [6, 6.07) is 10.9. The molecule has 4 aliphatic rings. The van der Waals surface area contributed by atoms with E-state index in [9.17, 15) is 14.4 Å². The highest BCUT2D eigenvalue weighted by Crippen LogP contribution is 2.55. The third-order valence-corrected chi connectivity index (χ3v) is 9.71. The van der Waals surface area contributed by atoms with Gasteiger partial charge in [-0.2, -0.15) is 0 Å². The van der Waals surface area contributed by atoms with Crippen LogP contribution in [0.25, 0.3) is 0 Å². The molecule has 6 rings (SSSR count). The Morgan fingerprint density at radius 3 is 2.76 bits per heavy atom. The molecule has 7 nitrogen and oxygen atoms in total. The second-order valence-electron chi connectivity index (χ2n) is 10.3. The number of amides is 3. The quantitative estimate of drug-likeness (QED) is 0.408. The topological polar surface area (TPSA) is 87.7 Å². The van der Waals surface area contributed by atoms with Crippen LogP contribution in [0.2, 0.25) is 0 Å². The van der Waals surface area contributed by atoms with Gasteiger partial charge in [-0.25, -0.2) is 0 Å². The Morgan fingerprint density at radius 2 is 2.00 bits per heavy atom. The maximum absolute atomic E-state index is 14.0. The van der Waals surface area contributed by atoms with Crippen LogP contribution in [0, 0.1) is 11.8 Å². The fourth-order valence-corrected chi connectivity index (χ4v) is 7.62. The number of rotatable bonds is 7. The molecule has 1 aliphatic carbocycles. The van der Waals surface area contributed by atoms with Crippen molar-refractivity contribution in [3.05, 3.63) is 58.8 Å². The number of nitrogens with one attached hydrogen (secondary N) is 2. The van der Waals surface area contributed by atoms with Crippen LogP contribution in [-0.2, 0) is 25.7 Å². The van der Waals surface area contributed by atoms with E-state index in [-0.39, 0.29) is 23.8 Å². The van der Waals surface area contributed by atoms with E-state index < -0.39 is 29.6 Å². The van der Waals surface area contributed by atoms with Crippen LogP contribution in [0.1, 0.15) is 37.0 Å². The lowest BCUT2D eigenvalue weighted by atomic mass is 9.74. The van der Waals surface area contributed by atoms with Crippen molar-refractivity contribution in [2.45, 2.75) is 67.3 Å². The zero-order chi connectivity index (χ0) is 25.6. The molecule has 1 aromatic carbocycles. The molecule has 9 heteroatoms. The van der Waals surface area contributed by atoms with Crippen molar-refractivity contribution in [1.82, 2.24) is 10.2 Å². The predicted octanol–water partition coefficient (Wildman–Crippen LogP) is 4.21. The van der Waals surface area contributed by atoms with Crippen LogP contribution in [0.4, 0.5) is 5.69 Å². The summed E-state index contributed by atoms with van der Waals surface area (Å²) in [6.07, 6.45) is 10.5. The highest BCUT2D eigenvalue weighted by atomic mass is 32.2. The van der Waals surface area contributed by atoms with Gasteiger partial charge in [0, 0.05) is 21.5 Å². The fourth-order valence-electron chi connectivity index (χ4n) is 6.46. The van der Waals surface area contributed by atoms with Crippen molar-refractivity contribution < 1.29 is 19.1 Å². The first-order chi connectivity index (χ1) is 18.0. The lowest BCUT2D eigenvalue weighted by Gasteiger charge is -2.34. The Labute approximate surface area is 225 Å². The summed E-state index contributed by atoms with van der Waals surface area (Å²) in [5.41, 5.74) is -0.453. The summed E-state index contributed by atoms with van der Waals surface area (Å²) < 4.78 is 6.45. The van der Waals surface area contributed by atoms with E-state index in [2.05, 4.69) is 10.6 Å². The summed E-state index contributed by atoms with van der Waals surface area (Å²) >= 11 is 3.15. The molecule has 2 N–H and O–H groups in total. The summed E-state index contributed by atoms with van der Waals surface area (Å²) in [5, 5.41) is 8.20. The van der Waals surface area contributed by atoms with E-state index in [4.69, 9.17) is 4.74 Å². The zero-order valence-electron chi connectivity index (χ0n) is 20.7. The number of carbonyl (C=O) groups is 3. The van der Waals surface area contributed by atoms with Gasteiger partial charge in [0.15, 0.2) is 0 Å². The number of thiophene rings is 1. The normalized spacial score (nSPS) is 30.5. The summed E-state index contributed by atoms with van der Waals surface area (Å²) in [7, 11) is 0. The average molecular weight is 538 g/mol. The molecule has 3 aliphatic heterocycles. The van der Waals surface area contributed by atoms with Gasteiger partial charge in [-0.3, -0.25) is 14.4 Å². The summed E-state index contributed by atoms with van der Waals surface area (Å²) in [5.74, 6) is -2.07. The molecule has 0 unspecified atom stereocenters. The molecule has 2 aromatic rings. The molecular formula is C28H31N3O4S2. The Bertz CT molecular complexity index is 1230. The van der Waals surface area contributed by atoms with Crippen molar-refractivity contribution in [2.24, 2.45) is 11.8 Å². The van der Waals surface area contributed by atoms with Gasteiger partial charge in [-0.1, -0.05) is 43.5 Å². The van der Waals surface area contributed by atoms with Gasteiger partial charge in [-0.05, 0) is 48.7 Å². The zero-order valence-corrected chi connectivity index (χ0v) is 22.4. The van der Waals surface area contributed by atoms with Gasteiger partial charge in [0.25, 0.3) is 0 Å². The minimum absolute atomic E-state index is 0.112. The Hall–Kier alpha value is -2.62. The number of fused-ring (bicyclic) bond motifs is 1. The smallest absolute Gasteiger partial charge is 0.246 e. The molecular weight excluding hydrogens is 506 g/mol. The molecule has 1 spiro atoms. The van der Waals surface area contributed by atoms with E-state index in [0.29, 0.717) is 12.2 Å². The number of ether oxygens (including phenoxy) is 1. The Kier molecular flexibility index (Phi) is 6.63. The fraction of sp³-hybridized carbons (Fsp3) is 0.464. The van der Waals surface area contributed by atoms with Crippen LogP contribution in [0.3, 0.4) is 0 Å². The molecule has 0 radical (unpaired) electrons. The number of likely N-dealkylation sites (tertiary alicyclic amines) is 1. The first-order valence-electron chi connectivity index (χ1n) is 13.0. The van der Waals surface area contributed by atoms with E-state index in [1.165, 1.54) is 6.42 Å². The lowest BCUT2D eigenvalue weighted by Crippen LogP contribution is -2.56. The number of benzene rings is 1. The van der Waals surface area contributed by atoms with Gasteiger partial charge >= 0.3 is 0 Å². The van der Waals surface area contributed by atoms with Gasteiger partial charge in [-0.15, -0.1) is 23.1 Å². The molecule has 4 heterocycles. The maximum atomic E-state index is 14.0. The number of anilines is 1. The van der Waals surface area contributed by atoms with Crippen molar-refractivity contribution in [3.63, 3.8) is 0 Å².